The molecule has 0 aliphatic heterocycles. The number of imidazole rings is 1. The van der Waals surface area contributed by atoms with E-state index in [0.717, 1.165) is 12.1 Å². The number of nitrogens with zero attached hydrogens (tertiary/aromatic N) is 3. The Morgan fingerprint density at radius 3 is 2.44 bits per heavy atom. The van der Waals surface area contributed by atoms with Crippen LogP contribution in [-0.4, -0.2) is 39.8 Å². The Balaban J connectivity index is 1.55. The quantitative estimate of drug-likeness (QED) is 0.155. The van der Waals surface area contributed by atoms with Crippen molar-refractivity contribution in [3.8, 4) is 5.88 Å². The molecule has 1 aromatic carbocycles. The van der Waals surface area contributed by atoms with Crippen LogP contribution in [0.1, 0.15) is 42.5 Å². The van der Waals surface area contributed by atoms with Crippen molar-refractivity contribution in [2.75, 3.05) is 18.6 Å². The maximum Gasteiger partial charge on any atom is 0.391 e. The number of hydrogen-bond donors (Lipinski definition) is 1. The minimum Gasteiger partial charge on any atom is -0.474 e. The highest BCUT2D eigenvalue weighted by Gasteiger charge is 2.41. The van der Waals surface area contributed by atoms with Crippen LogP contribution in [-0.2, 0) is 7.05 Å². The molecule has 0 bridgehead atoms. The van der Waals surface area contributed by atoms with Gasteiger partial charge in [0.2, 0.25) is 11.8 Å². The van der Waals surface area contributed by atoms with E-state index < -0.39 is 30.4 Å². The molecule has 2 aromatic heterocycles. The van der Waals surface area contributed by atoms with Crippen molar-refractivity contribution < 1.29 is 31.5 Å². The Bertz CT molecular complexity index is 1360. The molecule has 4 rings (SSSR count). The molecule has 0 unspecified atom stereocenters. The van der Waals surface area contributed by atoms with E-state index in [1.165, 1.54) is 16.7 Å². The first-order chi connectivity index (χ1) is 18.5. The Morgan fingerprint density at radius 2 is 1.82 bits per heavy atom. The van der Waals surface area contributed by atoms with Gasteiger partial charge in [-0.1, -0.05) is 29.3 Å². The Morgan fingerprint density at radius 1 is 1.15 bits per heavy atom. The zero-order valence-corrected chi connectivity index (χ0v) is 22.3. The lowest BCUT2D eigenvalue weighted by molar-refractivity contribution is -0.183. The number of aryl methyl sites for hydroxylation is 1. The fourth-order valence-corrected chi connectivity index (χ4v) is 5.14. The van der Waals surface area contributed by atoms with Crippen molar-refractivity contribution in [3.63, 3.8) is 0 Å². The summed E-state index contributed by atoms with van der Waals surface area (Å²) in [5, 5.41) is 2.99. The normalized spacial score (nSPS) is 18.2. The molecular formula is C26H25Cl2F5N4O2. The SMILES string of the molecule is Cn1c(Nc2c(Cl)cc(F)cc2Cl)nc2cc(C(=O)/C=C/CC3CCC(C(F)(F)F)CC3)c(OCCF)nc21. The Kier molecular flexibility index (Phi) is 9.00. The molecule has 0 saturated heterocycles. The number of fused-ring (bicyclic) bond motifs is 1. The van der Waals surface area contributed by atoms with Crippen LogP contribution in [0.15, 0.2) is 30.4 Å². The van der Waals surface area contributed by atoms with Gasteiger partial charge in [-0.15, -0.1) is 0 Å². The summed E-state index contributed by atoms with van der Waals surface area (Å²) in [4.78, 5) is 21.8. The maximum absolute atomic E-state index is 13.6. The van der Waals surface area contributed by atoms with Crippen molar-refractivity contribution in [3.05, 3.63) is 51.8 Å². The highest BCUT2D eigenvalue weighted by atomic mass is 35.5. The lowest BCUT2D eigenvalue weighted by atomic mass is 9.80. The third kappa shape index (κ3) is 6.81. The summed E-state index contributed by atoms with van der Waals surface area (Å²) in [5.74, 6) is -2.13. The van der Waals surface area contributed by atoms with Gasteiger partial charge >= 0.3 is 6.18 Å². The summed E-state index contributed by atoms with van der Waals surface area (Å²) < 4.78 is 72.1. The van der Waals surface area contributed by atoms with Crippen LogP contribution < -0.4 is 10.1 Å². The van der Waals surface area contributed by atoms with Gasteiger partial charge in [-0.25, -0.2) is 13.8 Å². The van der Waals surface area contributed by atoms with Crippen LogP contribution in [0.4, 0.5) is 33.6 Å². The van der Waals surface area contributed by atoms with E-state index in [2.05, 4.69) is 15.3 Å². The van der Waals surface area contributed by atoms with Crippen LogP contribution in [0.2, 0.25) is 10.0 Å². The number of nitrogens with one attached hydrogen (secondary N) is 1. The van der Waals surface area contributed by atoms with Crippen molar-refractivity contribution in [2.24, 2.45) is 18.9 Å². The molecule has 1 aliphatic carbocycles. The molecule has 1 aliphatic rings. The topological polar surface area (TPSA) is 69.0 Å². The van der Waals surface area contributed by atoms with Gasteiger partial charge in [0, 0.05) is 7.05 Å². The predicted octanol–water partition coefficient (Wildman–Crippen LogP) is 8.00. The first-order valence-electron chi connectivity index (χ1n) is 12.2. The number of benzene rings is 1. The zero-order valence-electron chi connectivity index (χ0n) is 20.8. The number of anilines is 2. The van der Waals surface area contributed by atoms with Crippen LogP contribution in [0, 0.1) is 17.7 Å². The van der Waals surface area contributed by atoms with E-state index >= 15 is 0 Å². The molecule has 0 atom stereocenters. The predicted molar refractivity (Wildman–Crippen MR) is 139 cm³/mol. The van der Waals surface area contributed by atoms with Crippen LogP contribution in [0.3, 0.4) is 0 Å². The minimum atomic E-state index is -4.17. The summed E-state index contributed by atoms with van der Waals surface area (Å²) in [6.07, 6.45) is 0.291. The van der Waals surface area contributed by atoms with Gasteiger partial charge in [-0.05, 0) is 62.3 Å². The molecule has 1 N–H and O–H groups in total. The second-order valence-corrected chi connectivity index (χ2v) is 10.2. The molecule has 6 nitrogen and oxygen atoms in total. The molecule has 210 valence electrons. The number of halogens is 7. The molecule has 0 spiro atoms. The van der Waals surface area contributed by atoms with Crippen molar-refractivity contribution in [1.29, 1.82) is 0 Å². The van der Waals surface area contributed by atoms with E-state index in [9.17, 15) is 26.7 Å². The van der Waals surface area contributed by atoms with Gasteiger partial charge in [0.15, 0.2) is 11.4 Å². The molecule has 13 heteroatoms. The third-order valence-corrected chi connectivity index (χ3v) is 7.28. The van der Waals surface area contributed by atoms with Gasteiger partial charge in [0.25, 0.3) is 0 Å². The number of aromatic nitrogens is 3. The first-order valence-corrected chi connectivity index (χ1v) is 13.0. The number of carbonyl (C=O) groups excluding carboxylic acids is 1. The van der Waals surface area contributed by atoms with E-state index in [1.807, 2.05) is 0 Å². The van der Waals surface area contributed by atoms with E-state index in [1.54, 1.807) is 13.1 Å². The number of hydrogen-bond acceptors (Lipinski definition) is 5. The number of allylic oxidation sites excluding steroid dienone is 2. The summed E-state index contributed by atoms with van der Waals surface area (Å²) in [7, 11) is 1.63. The first kappa shape index (κ1) is 29.1. The fraction of sp³-hybridized carbons (Fsp3) is 0.423. The highest BCUT2D eigenvalue weighted by Crippen LogP contribution is 2.40. The minimum absolute atomic E-state index is 0.0277. The van der Waals surface area contributed by atoms with Gasteiger partial charge in [-0.3, -0.25) is 9.36 Å². The number of rotatable bonds is 9. The smallest absolute Gasteiger partial charge is 0.391 e. The molecule has 1 fully saturated rings. The summed E-state index contributed by atoms with van der Waals surface area (Å²) in [6, 6.07) is 3.63. The van der Waals surface area contributed by atoms with Crippen LogP contribution >= 0.6 is 23.2 Å². The summed E-state index contributed by atoms with van der Waals surface area (Å²) >= 11 is 12.2. The lowest BCUT2D eigenvalue weighted by Gasteiger charge is -2.29. The van der Waals surface area contributed by atoms with Gasteiger partial charge in [0.1, 0.15) is 24.6 Å². The average Bonchev–Trinajstić information content (AvgIpc) is 3.18. The molecule has 39 heavy (non-hydrogen) atoms. The number of alkyl halides is 4. The number of ketones is 1. The van der Waals surface area contributed by atoms with E-state index in [-0.39, 0.29) is 58.5 Å². The zero-order chi connectivity index (χ0) is 28.3. The summed E-state index contributed by atoms with van der Waals surface area (Å²) in [6.45, 7) is -1.13. The van der Waals surface area contributed by atoms with Crippen molar-refractivity contribution in [1.82, 2.24) is 14.5 Å². The van der Waals surface area contributed by atoms with Crippen molar-refractivity contribution >= 4 is 51.8 Å². The molecule has 2 heterocycles. The largest absolute Gasteiger partial charge is 0.474 e. The highest BCUT2D eigenvalue weighted by molar-refractivity contribution is 6.39. The Hall–Kier alpha value is -2.92. The van der Waals surface area contributed by atoms with Gasteiger partial charge in [0.05, 0.1) is 27.2 Å². The van der Waals surface area contributed by atoms with E-state index in [4.69, 9.17) is 27.9 Å². The molecule has 1 saturated carbocycles. The summed E-state index contributed by atoms with van der Waals surface area (Å²) in [5.41, 5.74) is 0.887. The maximum atomic E-state index is 13.6. The van der Waals surface area contributed by atoms with Crippen LogP contribution in [0.5, 0.6) is 5.88 Å². The Labute approximate surface area is 231 Å². The molecule has 3 aromatic rings. The fourth-order valence-electron chi connectivity index (χ4n) is 4.59. The monoisotopic (exact) mass is 590 g/mol. The number of pyridine rings is 1. The third-order valence-electron chi connectivity index (χ3n) is 6.68. The van der Waals surface area contributed by atoms with E-state index in [0.29, 0.717) is 30.4 Å². The average molecular weight is 591 g/mol. The lowest BCUT2D eigenvalue weighted by Crippen LogP contribution is -2.27. The second-order valence-electron chi connectivity index (χ2n) is 9.35. The molecule has 0 radical (unpaired) electrons. The molecular weight excluding hydrogens is 566 g/mol. The standard InChI is InChI=1S/C26H25Cl2F5N4O2/c1-37-23-20(34-25(37)35-22-18(27)11-16(30)12-19(22)28)13-17(24(36-23)39-10-9-29)21(38)4-2-3-14-5-7-15(8-6-14)26(31,32)33/h2,4,11-15H,3,5-10H2,1H3,(H,34,35)/b4-2+. The number of ether oxygens (including phenoxy) is 1. The van der Waals surface area contributed by atoms with Gasteiger partial charge < -0.3 is 10.1 Å². The second kappa shape index (κ2) is 12.1. The van der Waals surface area contributed by atoms with Crippen molar-refractivity contribution in [2.45, 2.75) is 38.3 Å². The van der Waals surface area contributed by atoms with Crippen LogP contribution in [0.25, 0.3) is 11.2 Å². The van der Waals surface area contributed by atoms with Gasteiger partial charge in [-0.2, -0.15) is 18.2 Å². The molecule has 0 amide bonds. The number of carbonyl (C=O) groups is 1.